The van der Waals surface area contributed by atoms with Crippen LogP contribution in [0.3, 0.4) is 0 Å². The topological polar surface area (TPSA) is 120 Å². The van der Waals surface area contributed by atoms with Gasteiger partial charge in [0.25, 0.3) is 0 Å². The molecule has 57 heavy (non-hydrogen) atoms. The maximum atomic E-state index is 10.2. The van der Waals surface area contributed by atoms with Gasteiger partial charge in [0.1, 0.15) is 0 Å². The quantitative estimate of drug-likeness (QED) is 0.0685. The van der Waals surface area contributed by atoms with Crippen molar-refractivity contribution < 1.29 is 118 Å². The summed E-state index contributed by atoms with van der Waals surface area (Å²) in [5, 5.41) is 30.6. The number of hydrogen-bond acceptors (Lipinski definition) is 6. The van der Waals surface area contributed by atoms with Crippen molar-refractivity contribution in [3.8, 4) is 0 Å². The van der Waals surface area contributed by atoms with Gasteiger partial charge in [0.05, 0.1) is 0 Å². The number of carbonyl (C=O) groups excluding carboxylic acids is 3. The number of carboxylic acids is 3. The van der Waals surface area contributed by atoms with Crippen LogP contribution in [0.4, 0.5) is 0 Å². The standard InChI is InChI=1S/3C16H32O2.3Na/c3*1-2-3-4-5-6-7-8-9-10-11-12-13-14-15-16(17)18;;;/h3*2-15H2,1H3,(H,17,18);;;/q;;;3*+1/p-3. The summed E-state index contributed by atoms with van der Waals surface area (Å²) >= 11 is 0. The van der Waals surface area contributed by atoms with E-state index in [1.54, 1.807) is 0 Å². The second-order valence-electron chi connectivity index (χ2n) is 16.1. The molecule has 0 radical (unpaired) electrons. The monoisotopic (exact) mass is 835 g/mol. The van der Waals surface area contributed by atoms with Crippen LogP contribution in [-0.2, 0) is 14.4 Å². The fraction of sp³-hybridized carbons (Fsp3) is 0.938. The molecular formula is C48H93Na3O6. The summed E-state index contributed by atoms with van der Waals surface area (Å²) in [6, 6.07) is 0. The van der Waals surface area contributed by atoms with Gasteiger partial charge < -0.3 is 29.7 Å². The minimum Gasteiger partial charge on any atom is -0.550 e. The first-order valence-electron chi connectivity index (χ1n) is 23.9. The molecule has 0 aliphatic heterocycles. The Bertz CT molecular complexity index is 646. The first-order chi connectivity index (χ1) is 26.3. The van der Waals surface area contributed by atoms with E-state index < -0.39 is 17.9 Å². The van der Waals surface area contributed by atoms with Crippen LogP contribution in [0.15, 0.2) is 0 Å². The Morgan fingerprint density at radius 3 is 0.439 bits per heavy atom. The summed E-state index contributed by atoms with van der Waals surface area (Å²) in [5.74, 6) is -2.71. The molecule has 9 heteroatoms. The molecule has 0 saturated heterocycles. The molecule has 324 valence electrons. The van der Waals surface area contributed by atoms with E-state index in [1.807, 2.05) is 0 Å². The molecule has 0 spiro atoms. The molecule has 0 aliphatic rings. The third-order valence-electron chi connectivity index (χ3n) is 10.5. The van der Waals surface area contributed by atoms with Crippen LogP contribution in [0.1, 0.15) is 290 Å². The van der Waals surface area contributed by atoms with Crippen LogP contribution < -0.4 is 104 Å². The van der Waals surface area contributed by atoms with Crippen LogP contribution in [0.25, 0.3) is 0 Å². The number of hydrogen-bond donors (Lipinski definition) is 0. The summed E-state index contributed by atoms with van der Waals surface area (Å²) in [6.45, 7) is 6.77. The zero-order valence-corrected chi connectivity index (χ0v) is 45.6. The van der Waals surface area contributed by atoms with Gasteiger partial charge in [-0.15, -0.1) is 0 Å². The van der Waals surface area contributed by atoms with Crippen LogP contribution in [0.2, 0.25) is 0 Å². The Morgan fingerprint density at radius 2 is 0.333 bits per heavy atom. The van der Waals surface area contributed by atoms with Crippen LogP contribution in [0, 0.1) is 0 Å². The molecule has 0 bridgehead atoms. The number of carboxylic acid groups (broad SMARTS) is 3. The maximum Gasteiger partial charge on any atom is 1.00 e. The Morgan fingerprint density at radius 1 is 0.228 bits per heavy atom. The zero-order chi connectivity index (χ0) is 40.4. The molecule has 0 N–H and O–H groups in total. The number of rotatable bonds is 42. The number of aliphatic carboxylic acids is 3. The third kappa shape index (κ3) is 81.8. The average Bonchev–Trinajstić information content (AvgIpc) is 3.14. The third-order valence-corrected chi connectivity index (χ3v) is 10.5. The Balaban J connectivity index is -0.000000167. The van der Waals surface area contributed by atoms with E-state index >= 15 is 0 Å². The van der Waals surface area contributed by atoms with E-state index in [0.29, 0.717) is 0 Å². The summed E-state index contributed by atoms with van der Waals surface area (Å²) in [4.78, 5) is 30.6. The van der Waals surface area contributed by atoms with E-state index in [-0.39, 0.29) is 108 Å². The van der Waals surface area contributed by atoms with E-state index in [9.17, 15) is 29.7 Å². The predicted molar refractivity (Wildman–Crippen MR) is 226 cm³/mol. The maximum absolute atomic E-state index is 10.2. The Labute approximate surface area is 422 Å². The molecule has 0 unspecified atom stereocenters. The summed E-state index contributed by atoms with van der Waals surface area (Å²) in [5.41, 5.74) is 0. The molecule has 0 fully saturated rings. The van der Waals surface area contributed by atoms with Crippen molar-refractivity contribution in [3.63, 3.8) is 0 Å². The normalized spacial score (nSPS) is 10.2. The van der Waals surface area contributed by atoms with Crippen molar-refractivity contribution in [2.75, 3.05) is 0 Å². The molecule has 0 saturated carbocycles. The summed E-state index contributed by atoms with van der Waals surface area (Å²) < 4.78 is 0. The van der Waals surface area contributed by atoms with Gasteiger partial charge in [0.2, 0.25) is 0 Å². The van der Waals surface area contributed by atoms with Crippen LogP contribution in [-0.4, -0.2) is 17.9 Å². The molecule has 0 aromatic carbocycles. The second-order valence-corrected chi connectivity index (χ2v) is 16.1. The molecular weight excluding hydrogens is 741 g/mol. The van der Waals surface area contributed by atoms with Crippen molar-refractivity contribution in [1.29, 1.82) is 0 Å². The van der Waals surface area contributed by atoms with E-state index in [1.165, 1.54) is 212 Å². The van der Waals surface area contributed by atoms with E-state index in [2.05, 4.69) is 20.8 Å². The minimum absolute atomic E-state index is 0. The van der Waals surface area contributed by atoms with Gasteiger partial charge >= 0.3 is 88.7 Å². The van der Waals surface area contributed by atoms with Crippen molar-refractivity contribution >= 4 is 17.9 Å². The Kier molecular flexibility index (Phi) is 81.8. The van der Waals surface area contributed by atoms with Gasteiger partial charge in [0, 0.05) is 17.9 Å². The SMILES string of the molecule is CCCCCCCCCCCCCCCC(=O)[O-].CCCCCCCCCCCCCCCC(=O)[O-].CCCCCCCCCCCCCCCC(=O)[O-].[Na+].[Na+].[Na+]. The smallest absolute Gasteiger partial charge is 0.550 e. The van der Waals surface area contributed by atoms with Crippen LogP contribution >= 0.6 is 0 Å². The molecule has 0 rings (SSSR count). The second kappa shape index (κ2) is 66.5. The van der Waals surface area contributed by atoms with Gasteiger partial charge in [-0.1, -0.05) is 252 Å². The van der Waals surface area contributed by atoms with Crippen molar-refractivity contribution in [1.82, 2.24) is 0 Å². The van der Waals surface area contributed by atoms with Gasteiger partial charge in [-0.3, -0.25) is 0 Å². The first kappa shape index (κ1) is 70.1. The average molecular weight is 835 g/mol. The molecule has 6 nitrogen and oxygen atoms in total. The molecule has 0 heterocycles. The molecule has 0 aromatic rings. The fourth-order valence-corrected chi connectivity index (χ4v) is 6.86. The largest absolute Gasteiger partial charge is 1.00 e. The van der Waals surface area contributed by atoms with Gasteiger partial charge in [0.15, 0.2) is 0 Å². The van der Waals surface area contributed by atoms with Crippen molar-refractivity contribution in [3.05, 3.63) is 0 Å². The first-order valence-corrected chi connectivity index (χ1v) is 23.9. The molecule has 0 amide bonds. The number of unbranched alkanes of at least 4 members (excludes halogenated alkanes) is 36. The molecule has 0 aromatic heterocycles. The zero-order valence-electron chi connectivity index (χ0n) is 39.6. The fourth-order valence-electron chi connectivity index (χ4n) is 6.86. The van der Waals surface area contributed by atoms with Gasteiger partial charge in [-0.25, -0.2) is 0 Å². The summed E-state index contributed by atoms with van der Waals surface area (Å²) in [7, 11) is 0. The minimum atomic E-state index is -0.905. The van der Waals surface area contributed by atoms with E-state index in [4.69, 9.17) is 0 Å². The number of carbonyl (C=O) groups is 3. The Hall–Kier alpha value is 1.41. The van der Waals surface area contributed by atoms with E-state index in [0.717, 1.165) is 38.5 Å². The molecule has 0 aliphatic carbocycles. The van der Waals surface area contributed by atoms with Crippen LogP contribution in [0.5, 0.6) is 0 Å². The van der Waals surface area contributed by atoms with Crippen molar-refractivity contribution in [2.45, 2.75) is 290 Å². The van der Waals surface area contributed by atoms with Gasteiger partial charge in [-0.05, 0) is 38.5 Å². The van der Waals surface area contributed by atoms with Gasteiger partial charge in [-0.2, -0.15) is 0 Å². The summed E-state index contributed by atoms with van der Waals surface area (Å²) in [6.07, 6.45) is 50.8. The predicted octanol–water partition coefficient (Wildman–Crippen LogP) is 3.66. The van der Waals surface area contributed by atoms with Crippen molar-refractivity contribution in [2.24, 2.45) is 0 Å². The molecule has 0 atom stereocenters.